The minimum absolute atomic E-state index is 0.00633. The summed E-state index contributed by atoms with van der Waals surface area (Å²) in [6, 6.07) is 4.89. The highest BCUT2D eigenvalue weighted by molar-refractivity contribution is 5.94. The van der Waals surface area contributed by atoms with Crippen molar-refractivity contribution in [1.82, 2.24) is 0 Å². The van der Waals surface area contributed by atoms with Crippen LogP contribution in [0.5, 0.6) is 0 Å². The first-order chi connectivity index (χ1) is 9.10. The van der Waals surface area contributed by atoms with Crippen LogP contribution in [0.15, 0.2) is 18.2 Å². The highest BCUT2D eigenvalue weighted by Gasteiger charge is 2.11. The van der Waals surface area contributed by atoms with Gasteiger partial charge in [0.1, 0.15) is 0 Å². The van der Waals surface area contributed by atoms with Gasteiger partial charge in [0.25, 0.3) is 0 Å². The standard InChI is InChI=1S/C13H20N2O4/c1-2-15(5-7-19-8-6-16)10-3-4-11(13(17)18)12(14)9-10/h3-4,9,16H,2,5-8,14H2,1H3,(H,17,18). The van der Waals surface area contributed by atoms with Gasteiger partial charge in [0, 0.05) is 24.5 Å². The van der Waals surface area contributed by atoms with E-state index in [0.717, 1.165) is 12.2 Å². The first-order valence-electron chi connectivity index (χ1n) is 6.16. The number of aromatic carboxylic acids is 1. The summed E-state index contributed by atoms with van der Waals surface area (Å²) in [5.74, 6) is -1.03. The Morgan fingerprint density at radius 1 is 1.42 bits per heavy atom. The van der Waals surface area contributed by atoms with Gasteiger partial charge in [0.2, 0.25) is 0 Å². The third-order valence-electron chi connectivity index (χ3n) is 2.75. The number of hydrogen-bond acceptors (Lipinski definition) is 5. The number of rotatable bonds is 8. The Kier molecular flexibility index (Phi) is 6.11. The molecule has 6 heteroatoms. The lowest BCUT2D eigenvalue weighted by Gasteiger charge is -2.23. The first-order valence-corrected chi connectivity index (χ1v) is 6.16. The van der Waals surface area contributed by atoms with Crippen LogP contribution < -0.4 is 10.6 Å². The normalized spacial score (nSPS) is 10.4. The van der Waals surface area contributed by atoms with Gasteiger partial charge < -0.3 is 25.6 Å². The molecule has 0 aliphatic heterocycles. The highest BCUT2D eigenvalue weighted by atomic mass is 16.5. The molecule has 0 saturated carbocycles. The van der Waals surface area contributed by atoms with Crippen LogP contribution in [0.2, 0.25) is 0 Å². The molecule has 0 unspecified atom stereocenters. The molecular formula is C13H20N2O4. The van der Waals surface area contributed by atoms with E-state index in [1.165, 1.54) is 6.07 Å². The molecule has 0 saturated heterocycles. The molecule has 0 spiro atoms. The number of carboxylic acids is 1. The highest BCUT2D eigenvalue weighted by Crippen LogP contribution is 2.21. The molecule has 1 aromatic carbocycles. The predicted molar refractivity (Wildman–Crippen MR) is 73.6 cm³/mol. The van der Waals surface area contributed by atoms with Crippen molar-refractivity contribution < 1.29 is 19.7 Å². The van der Waals surface area contributed by atoms with Gasteiger partial charge in [0.05, 0.1) is 25.4 Å². The van der Waals surface area contributed by atoms with Gasteiger partial charge in [-0.2, -0.15) is 0 Å². The number of ether oxygens (including phenoxy) is 1. The largest absolute Gasteiger partial charge is 0.478 e. The van der Waals surface area contributed by atoms with Crippen LogP contribution in [-0.4, -0.2) is 49.1 Å². The first kappa shape index (κ1) is 15.3. The molecule has 19 heavy (non-hydrogen) atoms. The van der Waals surface area contributed by atoms with Crippen molar-refractivity contribution in [3.63, 3.8) is 0 Å². The van der Waals surface area contributed by atoms with Crippen LogP contribution >= 0.6 is 0 Å². The molecule has 1 rings (SSSR count). The summed E-state index contributed by atoms with van der Waals surface area (Å²) in [5.41, 5.74) is 6.94. The summed E-state index contributed by atoms with van der Waals surface area (Å²) in [7, 11) is 0. The van der Waals surface area contributed by atoms with Gasteiger partial charge >= 0.3 is 5.97 Å². The second-order valence-electron chi connectivity index (χ2n) is 3.99. The maximum Gasteiger partial charge on any atom is 0.337 e. The van der Waals surface area contributed by atoms with Crippen molar-refractivity contribution >= 4 is 17.3 Å². The number of hydrogen-bond donors (Lipinski definition) is 3. The summed E-state index contributed by atoms with van der Waals surface area (Å²) >= 11 is 0. The van der Waals surface area contributed by atoms with E-state index >= 15 is 0 Å². The smallest absolute Gasteiger partial charge is 0.337 e. The van der Waals surface area contributed by atoms with Crippen molar-refractivity contribution in [2.75, 3.05) is 43.5 Å². The molecule has 0 aliphatic carbocycles. The molecule has 0 aromatic heterocycles. The lowest BCUT2D eigenvalue weighted by molar-refractivity contribution is 0.0698. The van der Waals surface area contributed by atoms with E-state index in [0.29, 0.717) is 19.8 Å². The van der Waals surface area contributed by atoms with Crippen LogP contribution in [-0.2, 0) is 4.74 Å². The number of nitrogens with two attached hydrogens (primary N) is 1. The Labute approximate surface area is 112 Å². The van der Waals surface area contributed by atoms with Crippen molar-refractivity contribution in [1.29, 1.82) is 0 Å². The van der Waals surface area contributed by atoms with Crippen LogP contribution in [0.3, 0.4) is 0 Å². The van der Waals surface area contributed by atoms with E-state index < -0.39 is 5.97 Å². The number of aliphatic hydroxyl groups is 1. The summed E-state index contributed by atoms with van der Waals surface area (Å²) in [5, 5.41) is 17.5. The van der Waals surface area contributed by atoms with Gasteiger partial charge in [0.15, 0.2) is 0 Å². The topological polar surface area (TPSA) is 96.0 Å². The van der Waals surface area contributed by atoms with Gasteiger partial charge in [-0.15, -0.1) is 0 Å². The molecule has 0 amide bonds. The molecule has 1 aromatic rings. The SMILES string of the molecule is CCN(CCOCCO)c1ccc(C(=O)O)c(N)c1. The Morgan fingerprint density at radius 3 is 2.68 bits per heavy atom. The Balaban J connectivity index is 2.70. The van der Waals surface area contributed by atoms with Gasteiger partial charge in [-0.1, -0.05) is 0 Å². The number of nitrogens with zero attached hydrogens (tertiary/aromatic N) is 1. The molecular weight excluding hydrogens is 248 g/mol. The predicted octanol–water partition coefficient (Wildman–Crippen LogP) is 0.802. The number of benzene rings is 1. The minimum Gasteiger partial charge on any atom is -0.478 e. The Hall–Kier alpha value is -1.79. The summed E-state index contributed by atoms with van der Waals surface area (Å²) in [6.45, 7) is 4.23. The molecule has 4 N–H and O–H groups in total. The van der Waals surface area contributed by atoms with Crippen molar-refractivity contribution in [3.8, 4) is 0 Å². The molecule has 0 fully saturated rings. The van der Waals surface area contributed by atoms with Crippen LogP contribution in [0, 0.1) is 0 Å². The van der Waals surface area contributed by atoms with E-state index in [-0.39, 0.29) is 17.9 Å². The van der Waals surface area contributed by atoms with Gasteiger partial charge in [-0.3, -0.25) is 0 Å². The summed E-state index contributed by atoms with van der Waals surface area (Å²) in [6.07, 6.45) is 0. The molecule has 0 heterocycles. The zero-order valence-corrected chi connectivity index (χ0v) is 11.0. The average molecular weight is 268 g/mol. The fraction of sp³-hybridized carbons (Fsp3) is 0.462. The minimum atomic E-state index is -1.03. The average Bonchev–Trinajstić information content (AvgIpc) is 2.38. The molecule has 106 valence electrons. The van der Waals surface area contributed by atoms with Gasteiger partial charge in [-0.25, -0.2) is 4.79 Å². The number of likely N-dealkylation sites (N-methyl/N-ethyl adjacent to an activating group) is 1. The van der Waals surface area contributed by atoms with E-state index in [9.17, 15) is 4.79 Å². The van der Waals surface area contributed by atoms with Crippen molar-refractivity contribution in [3.05, 3.63) is 23.8 Å². The number of nitrogen functional groups attached to an aromatic ring is 1. The number of carboxylic acid groups (broad SMARTS) is 1. The molecule has 0 aliphatic rings. The van der Waals surface area contributed by atoms with Crippen molar-refractivity contribution in [2.24, 2.45) is 0 Å². The lowest BCUT2D eigenvalue weighted by atomic mass is 10.1. The molecule has 6 nitrogen and oxygen atoms in total. The number of aliphatic hydroxyl groups excluding tert-OH is 1. The number of carbonyl (C=O) groups is 1. The van der Waals surface area contributed by atoms with E-state index in [1.54, 1.807) is 12.1 Å². The monoisotopic (exact) mass is 268 g/mol. The lowest BCUT2D eigenvalue weighted by Crippen LogP contribution is -2.27. The van der Waals surface area contributed by atoms with Gasteiger partial charge in [-0.05, 0) is 25.1 Å². The van der Waals surface area contributed by atoms with Crippen LogP contribution in [0.25, 0.3) is 0 Å². The zero-order valence-electron chi connectivity index (χ0n) is 11.0. The van der Waals surface area contributed by atoms with Crippen molar-refractivity contribution in [2.45, 2.75) is 6.92 Å². The fourth-order valence-electron chi connectivity index (χ4n) is 1.75. The Bertz CT molecular complexity index is 423. The maximum atomic E-state index is 10.9. The number of anilines is 2. The second-order valence-corrected chi connectivity index (χ2v) is 3.99. The summed E-state index contributed by atoms with van der Waals surface area (Å²) < 4.78 is 5.21. The fourth-order valence-corrected chi connectivity index (χ4v) is 1.75. The molecule has 0 atom stereocenters. The maximum absolute atomic E-state index is 10.9. The molecule has 0 bridgehead atoms. The quantitative estimate of drug-likeness (QED) is 0.477. The van der Waals surface area contributed by atoms with Crippen LogP contribution in [0.1, 0.15) is 17.3 Å². The summed E-state index contributed by atoms with van der Waals surface area (Å²) in [4.78, 5) is 12.9. The third kappa shape index (κ3) is 4.42. The third-order valence-corrected chi connectivity index (χ3v) is 2.75. The van der Waals surface area contributed by atoms with E-state index in [2.05, 4.69) is 0 Å². The van der Waals surface area contributed by atoms with E-state index in [1.807, 2.05) is 11.8 Å². The second kappa shape index (κ2) is 7.60. The zero-order chi connectivity index (χ0) is 14.3. The molecule has 0 radical (unpaired) electrons. The van der Waals surface area contributed by atoms with E-state index in [4.69, 9.17) is 20.7 Å². The Morgan fingerprint density at radius 2 is 2.16 bits per heavy atom. The van der Waals surface area contributed by atoms with Crippen LogP contribution in [0.4, 0.5) is 11.4 Å².